The molecule has 0 bridgehead atoms. The van der Waals surface area contributed by atoms with Crippen molar-refractivity contribution in [1.29, 1.82) is 0 Å². The largest absolute Gasteiger partial charge is 0.493 e. The molecule has 0 radical (unpaired) electrons. The highest BCUT2D eigenvalue weighted by Gasteiger charge is 2.13. The molecule has 0 unspecified atom stereocenters. The van der Waals surface area contributed by atoms with Crippen LogP contribution in [0.25, 0.3) is 0 Å². The Morgan fingerprint density at radius 1 is 0.967 bits per heavy atom. The van der Waals surface area contributed by atoms with Crippen molar-refractivity contribution in [2.24, 2.45) is 0 Å². The van der Waals surface area contributed by atoms with Gasteiger partial charge in [-0.25, -0.2) is 0 Å². The molecule has 0 heterocycles. The average Bonchev–Trinajstić information content (AvgIpc) is 2.70. The van der Waals surface area contributed by atoms with Gasteiger partial charge in [0.15, 0.2) is 11.5 Å². The molecule has 0 atom stereocenters. The zero-order chi connectivity index (χ0) is 21.1. The minimum Gasteiger partial charge on any atom is -0.493 e. The molecule has 168 valence electrons. The lowest BCUT2D eigenvalue weighted by atomic mass is 10.2. The fraction of sp³-hybridized carbons (Fsp3) is 0.455. The smallest absolute Gasteiger partial charge is 0.180 e. The van der Waals surface area contributed by atoms with E-state index in [0.717, 1.165) is 50.1 Å². The molecule has 2 rings (SSSR count). The van der Waals surface area contributed by atoms with Gasteiger partial charge in [0.2, 0.25) is 0 Å². The second-order valence-corrected chi connectivity index (χ2v) is 7.88. The van der Waals surface area contributed by atoms with Gasteiger partial charge in [0.1, 0.15) is 6.61 Å². The lowest BCUT2D eigenvalue weighted by Crippen LogP contribution is -2.16. The van der Waals surface area contributed by atoms with Gasteiger partial charge in [0.25, 0.3) is 0 Å². The third-order valence-electron chi connectivity index (χ3n) is 4.29. The maximum atomic E-state index is 6.45. The van der Waals surface area contributed by atoms with E-state index in [-0.39, 0.29) is 19.0 Å². The Morgan fingerprint density at radius 3 is 2.43 bits per heavy atom. The maximum absolute atomic E-state index is 6.45. The molecule has 0 fully saturated rings. The average molecular weight is 497 g/mol. The maximum Gasteiger partial charge on any atom is 0.180 e. The molecule has 8 heteroatoms. The molecule has 0 amide bonds. The van der Waals surface area contributed by atoms with Crippen molar-refractivity contribution < 1.29 is 14.2 Å². The Kier molecular flexibility index (Phi) is 13.6. The number of hydrogen-bond donors (Lipinski definition) is 1. The van der Waals surface area contributed by atoms with E-state index in [1.807, 2.05) is 18.2 Å². The van der Waals surface area contributed by atoms with Gasteiger partial charge in [-0.05, 0) is 49.2 Å². The Balaban J connectivity index is 0.00000450. The van der Waals surface area contributed by atoms with E-state index in [4.69, 9.17) is 49.0 Å². The van der Waals surface area contributed by atoms with Crippen molar-refractivity contribution in [3.8, 4) is 11.5 Å². The van der Waals surface area contributed by atoms with E-state index in [9.17, 15) is 0 Å². The van der Waals surface area contributed by atoms with Crippen LogP contribution in [0.4, 0.5) is 0 Å². The highest BCUT2D eigenvalue weighted by Crippen LogP contribution is 2.37. The van der Waals surface area contributed by atoms with Gasteiger partial charge in [-0.1, -0.05) is 54.2 Å². The number of unbranched alkanes of at least 4 members (excludes halogenated alkanes) is 1. The molecule has 0 saturated carbocycles. The second-order valence-electron chi connectivity index (χ2n) is 6.63. The topological polar surface area (TPSA) is 39.7 Å². The molecule has 30 heavy (non-hydrogen) atoms. The predicted octanol–water partition coefficient (Wildman–Crippen LogP) is 6.95. The zero-order valence-electron chi connectivity index (χ0n) is 17.3. The molecule has 0 spiro atoms. The van der Waals surface area contributed by atoms with Crippen LogP contribution in [0.3, 0.4) is 0 Å². The number of halogens is 4. The minimum absolute atomic E-state index is 0. The summed E-state index contributed by atoms with van der Waals surface area (Å²) < 4.78 is 16.9. The van der Waals surface area contributed by atoms with Crippen molar-refractivity contribution in [3.05, 3.63) is 56.5 Å². The van der Waals surface area contributed by atoms with Crippen molar-refractivity contribution in [1.82, 2.24) is 5.32 Å². The van der Waals surface area contributed by atoms with E-state index >= 15 is 0 Å². The number of nitrogens with one attached hydrogen (secondary N) is 1. The van der Waals surface area contributed by atoms with Crippen molar-refractivity contribution in [2.45, 2.75) is 39.3 Å². The normalized spacial score (nSPS) is 10.6. The highest BCUT2D eigenvalue weighted by atomic mass is 35.5. The van der Waals surface area contributed by atoms with Gasteiger partial charge in [-0.2, -0.15) is 0 Å². The van der Waals surface area contributed by atoms with Crippen molar-refractivity contribution >= 4 is 47.2 Å². The molecule has 0 aliphatic rings. The molecule has 0 aliphatic heterocycles. The summed E-state index contributed by atoms with van der Waals surface area (Å²) in [6.07, 6.45) is 3.25. The number of rotatable bonds is 13. The number of benzene rings is 2. The molecule has 4 nitrogen and oxygen atoms in total. The zero-order valence-corrected chi connectivity index (χ0v) is 20.4. The summed E-state index contributed by atoms with van der Waals surface area (Å²) in [4.78, 5) is 0. The quantitative estimate of drug-likeness (QED) is 0.304. The Hall–Kier alpha value is -0.880. The molecular formula is C22H29Cl4NO3. The third-order valence-corrected chi connectivity index (χ3v) is 5.16. The van der Waals surface area contributed by atoms with Gasteiger partial charge in [-0.15, -0.1) is 12.4 Å². The lowest BCUT2D eigenvalue weighted by molar-refractivity contribution is 0.129. The van der Waals surface area contributed by atoms with Gasteiger partial charge in [0.05, 0.1) is 12.1 Å². The van der Waals surface area contributed by atoms with Crippen LogP contribution in [0, 0.1) is 0 Å². The molecule has 2 aromatic carbocycles. The van der Waals surface area contributed by atoms with Gasteiger partial charge < -0.3 is 19.5 Å². The van der Waals surface area contributed by atoms with Crippen LogP contribution in [-0.4, -0.2) is 26.9 Å². The number of hydrogen-bond acceptors (Lipinski definition) is 4. The third kappa shape index (κ3) is 9.09. The van der Waals surface area contributed by atoms with E-state index < -0.39 is 0 Å². The Morgan fingerprint density at radius 2 is 1.73 bits per heavy atom. The minimum atomic E-state index is 0. The van der Waals surface area contributed by atoms with Crippen molar-refractivity contribution in [2.75, 3.05) is 26.9 Å². The SMILES string of the molecule is CCCCOCCCNCc1cc(Cl)c(OCc2ccc(Cl)cc2Cl)c(OC)c1.Cl. The monoisotopic (exact) mass is 495 g/mol. The molecular weight excluding hydrogens is 468 g/mol. The van der Waals surface area contributed by atoms with Crippen LogP contribution in [0.2, 0.25) is 15.1 Å². The van der Waals surface area contributed by atoms with Gasteiger partial charge in [-0.3, -0.25) is 0 Å². The fourth-order valence-electron chi connectivity index (χ4n) is 2.68. The second kappa shape index (κ2) is 15.0. The van der Waals surface area contributed by atoms with Gasteiger partial charge in [0, 0.05) is 35.4 Å². The first kappa shape index (κ1) is 27.2. The predicted molar refractivity (Wildman–Crippen MR) is 128 cm³/mol. The molecule has 2 aromatic rings. The molecule has 0 saturated heterocycles. The van der Waals surface area contributed by atoms with Crippen LogP contribution in [0.1, 0.15) is 37.3 Å². The summed E-state index contributed by atoms with van der Waals surface area (Å²) in [5.74, 6) is 1.08. The molecule has 0 aromatic heterocycles. The number of ether oxygens (including phenoxy) is 3. The summed E-state index contributed by atoms with van der Waals surface area (Å²) in [6, 6.07) is 9.09. The summed E-state index contributed by atoms with van der Waals surface area (Å²) in [5, 5.41) is 5.02. The Bertz CT molecular complexity index is 774. The van der Waals surface area contributed by atoms with E-state index in [1.54, 1.807) is 19.2 Å². The van der Waals surface area contributed by atoms with Crippen LogP contribution < -0.4 is 14.8 Å². The highest BCUT2D eigenvalue weighted by molar-refractivity contribution is 6.35. The lowest BCUT2D eigenvalue weighted by Gasteiger charge is -2.15. The van der Waals surface area contributed by atoms with Crippen molar-refractivity contribution in [3.63, 3.8) is 0 Å². The summed E-state index contributed by atoms with van der Waals surface area (Å²) in [5.41, 5.74) is 1.84. The van der Waals surface area contributed by atoms with Crippen LogP contribution in [-0.2, 0) is 17.9 Å². The Labute approximate surface area is 200 Å². The standard InChI is InChI=1S/C22H28Cl3NO3.ClH/c1-3-4-9-28-10-5-8-26-14-16-11-20(25)22(21(12-16)27-2)29-15-17-6-7-18(23)13-19(17)24;/h6-7,11-13,26H,3-5,8-10,14-15H2,1-2H3;1H. The first-order valence-electron chi connectivity index (χ1n) is 9.76. The first-order valence-corrected chi connectivity index (χ1v) is 10.9. The molecule has 1 N–H and O–H groups in total. The summed E-state index contributed by atoms with van der Waals surface area (Å²) >= 11 is 18.6. The van der Waals surface area contributed by atoms with Crippen LogP contribution >= 0.6 is 47.2 Å². The number of methoxy groups -OCH3 is 1. The first-order chi connectivity index (χ1) is 14.0. The van der Waals surface area contributed by atoms with E-state index in [1.165, 1.54) is 0 Å². The van der Waals surface area contributed by atoms with Crippen LogP contribution in [0.15, 0.2) is 30.3 Å². The summed E-state index contributed by atoms with van der Waals surface area (Å²) in [6.45, 7) is 5.60. The van der Waals surface area contributed by atoms with Crippen LogP contribution in [0.5, 0.6) is 11.5 Å². The van der Waals surface area contributed by atoms with E-state index in [0.29, 0.717) is 33.1 Å². The molecule has 0 aliphatic carbocycles. The van der Waals surface area contributed by atoms with Gasteiger partial charge >= 0.3 is 0 Å². The fourth-order valence-corrected chi connectivity index (χ4v) is 3.44. The summed E-state index contributed by atoms with van der Waals surface area (Å²) in [7, 11) is 1.60. The van der Waals surface area contributed by atoms with E-state index in [2.05, 4.69) is 12.2 Å².